The Morgan fingerprint density at radius 2 is 1.78 bits per heavy atom. The normalized spacial score (nSPS) is 13.6. The summed E-state index contributed by atoms with van der Waals surface area (Å²) < 4.78 is 51.5. The minimum atomic E-state index is -4.47. The smallest absolute Gasteiger partial charge is 0.435 e. The highest BCUT2D eigenvalue weighted by molar-refractivity contribution is 5.98. The molecule has 196 valence electrons. The molecule has 2 aromatic carbocycles. The molecular weight excluding hydrogens is 487 g/mol. The van der Waals surface area contributed by atoms with Gasteiger partial charge in [-0.05, 0) is 63.1 Å². The number of benzene rings is 2. The average molecular weight is 516 g/mol. The molecule has 4 rings (SSSR count). The zero-order valence-corrected chi connectivity index (χ0v) is 21.1. The molecule has 0 saturated heterocycles. The van der Waals surface area contributed by atoms with Crippen molar-refractivity contribution in [1.29, 1.82) is 0 Å². The number of ether oxygens (including phenoxy) is 2. The highest BCUT2D eigenvalue weighted by atomic mass is 19.4. The molecule has 7 nitrogen and oxygen atoms in total. The van der Waals surface area contributed by atoms with E-state index in [1.807, 2.05) is 6.92 Å². The standard InChI is InChI=1S/C27H28F3N3O4/c1-5-12-32-14-18-13-21(10-11-22(18)24(32)34)36-16-19-15-33(25(35)37-26(2,3)4)31-23(19)17-6-8-20(9-7-17)27(28,29)30/h6-11,13,15H,5,12,14,16H2,1-4H3. The van der Waals surface area contributed by atoms with Crippen molar-refractivity contribution in [2.45, 2.75) is 59.0 Å². The van der Waals surface area contributed by atoms with Crippen LogP contribution in [0.25, 0.3) is 11.3 Å². The van der Waals surface area contributed by atoms with Gasteiger partial charge in [-0.15, -0.1) is 0 Å². The summed E-state index contributed by atoms with van der Waals surface area (Å²) >= 11 is 0. The summed E-state index contributed by atoms with van der Waals surface area (Å²) in [4.78, 5) is 26.9. The fourth-order valence-electron chi connectivity index (χ4n) is 4.04. The van der Waals surface area contributed by atoms with Gasteiger partial charge in [0.1, 0.15) is 18.0 Å². The third kappa shape index (κ3) is 5.95. The van der Waals surface area contributed by atoms with Crippen molar-refractivity contribution in [1.82, 2.24) is 14.7 Å². The van der Waals surface area contributed by atoms with Gasteiger partial charge in [-0.25, -0.2) is 4.79 Å². The van der Waals surface area contributed by atoms with Crippen molar-refractivity contribution in [3.63, 3.8) is 0 Å². The van der Waals surface area contributed by atoms with Crippen LogP contribution in [0.1, 0.15) is 61.2 Å². The van der Waals surface area contributed by atoms with Crippen molar-refractivity contribution in [2.24, 2.45) is 0 Å². The number of halogens is 3. The second-order valence-electron chi connectivity index (χ2n) is 9.84. The van der Waals surface area contributed by atoms with Crippen LogP contribution >= 0.6 is 0 Å². The summed E-state index contributed by atoms with van der Waals surface area (Å²) in [5.74, 6) is 0.514. The fourth-order valence-corrected chi connectivity index (χ4v) is 4.04. The van der Waals surface area contributed by atoms with Gasteiger partial charge >= 0.3 is 12.3 Å². The topological polar surface area (TPSA) is 73.7 Å². The molecular formula is C27H28F3N3O4. The van der Waals surface area contributed by atoms with Gasteiger partial charge in [0.25, 0.3) is 5.91 Å². The van der Waals surface area contributed by atoms with E-state index < -0.39 is 23.4 Å². The van der Waals surface area contributed by atoms with E-state index in [-0.39, 0.29) is 12.5 Å². The minimum Gasteiger partial charge on any atom is -0.489 e. The lowest BCUT2D eigenvalue weighted by Crippen LogP contribution is -2.27. The van der Waals surface area contributed by atoms with Crippen molar-refractivity contribution in [3.8, 4) is 17.0 Å². The van der Waals surface area contributed by atoms with Crippen LogP contribution in [0.3, 0.4) is 0 Å². The van der Waals surface area contributed by atoms with E-state index in [1.165, 1.54) is 18.3 Å². The van der Waals surface area contributed by atoms with Crippen LogP contribution < -0.4 is 4.74 Å². The van der Waals surface area contributed by atoms with Crippen LogP contribution in [0.15, 0.2) is 48.7 Å². The quantitative estimate of drug-likeness (QED) is 0.385. The molecule has 0 N–H and O–H groups in total. The zero-order chi connectivity index (χ0) is 27.0. The largest absolute Gasteiger partial charge is 0.489 e. The molecule has 0 atom stereocenters. The molecule has 0 radical (unpaired) electrons. The molecule has 0 fully saturated rings. The van der Waals surface area contributed by atoms with E-state index in [9.17, 15) is 22.8 Å². The number of nitrogens with zero attached hydrogens (tertiary/aromatic N) is 3. The molecule has 0 unspecified atom stereocenters. The summed E-state index contributed by atoms with van der Waals surface area (Å²) in [7, 11) is 0. The first-order valence-corrected chi connectivity index (χ1v) is 11.9. The zero-order valence-electron chi connectivity index (χ0n) is 21.1. The summed E-state index contributed by atoms with van der Waals surface area (Å²) in [6, 6.07) is 9.76. The van der Waals surface area contributed by atoms with E-state index in [0.29, 0.717) is 41.2 Å². The van der Waals surface area contributed by atoms with Gasteiger partial charge in [0.15, 0.2) is 0 Å². The first-order valence-electron chi connectivity index (χ1n) is 11.9. The Bertz CT molecular complexity index is 1310. The van der Waals surface area contributed by atoms with Gasteiger partial charge in [0, 0.05) is 36.0 Å². The van der Waals surface area contributed by atoms with Gasteiger partial charge in [-0.3, -0.25) is 4.79 Å². The first-order chi connectivity index (χ1) is 17.4. The monoisotopic (exact) mass is 515 g/mol. The molecule has 1 amide bonds. The molecule has 1 aliphatic rings. The van der Waals surface area contributed by atoms with Gasteiger partial charge in [-0.1, -0.05) is 19.1 Å². The van der Waals surface area contributed by atoms with Crippen LogP contribution in [0.2, 0.25) is 0 Å². The summed E-state index contributed by atoms with van der Waals surface area (Å²) in [6.07, 6.45) is -2.89. The maximum Gasteiger partial charge on any atom is 0.435 e. The van der Waals surface area contributed by atoms with Gasteiger partial charge in [0.05, 0.1) is 11.3 Å². The number of fused-ring (bicyclic) bond motifs is 1. The number of hydrogen-bond donors (Lipinski definition) is 0. The molecule has 3 aromatic rings. The van der Waals surface area contributed by atoms with E-state index in [4.69, 9.17) is 9.47 Å². The molecule has 0 spiro atoms. The molecule has 2 heterocycles. The molecule has 37 heavy (non-hydrogen) atoms. The van der Waals surface area contributed by atoms with Crippen molar-refractivity contribution < 1.29 is 32.2 Å². The van der Waals surface area contributed by atoms with Crippen LogP contribution in [-0.2, 0) is 24.1 Å². The highest BCUT2D eigenvalue weighted by Gasteiger charge is 2.31. The molecule has 0 saturated carbocycles. The number of rotatable bonds is 6. The van der Waals surface area contributed by atoms with Gasteiger partial charge < -0.3 is 14.4 Å². The van der Waals surface area contributed by atoms with Crippen LogP contribution in [-0.4, -0.2) is 38.8 Å². The van der Waals surface area contributed by atoms with Gasteiger partial charge in [0.2, 0.25) is 0 Å². The summed E-state index contributed by atoms with van der Waals surface area (Å²) in [5.41, 5.74) is 1.13. The average Bonchev–Trinajstić information content (AvgIpc) is 3.38. The number of hydrogen-bond acceptors (Lipinski definition) is 5. The predicted octanol–water partition coefficient (Wildman–Crippen LogP) is 6.30. The summed E-state index contributed by atoms with van der Waals surface area (Å²) in [5, 5.41) is 4.30. The summed E-state index contributed by atoms with van der Waals surface area (Å²) in [6.45, 7) is 8.33. The minimum absolute atomic E-state index is 0.00775. The van der Waals surface area contributed by atoms with Crippen LogP contribution in [0.5, 0.6) is 5.75 Å². The Kier molecular flexibility index (Phi) is 7.03. The second kappa shape index (κ2) is 9.91. The number of aromatic nitrogens is 2. The fraction of sp³-hybridized carbons (Fsp3) is 0.370. The Balaban J connectivity index is 1.60. The Hall–Kier alpha value is -3.82. The van der Waals surface area contributed by atoms with E-state index >= 15 is 0 Å². The van der Waals surface area contributed by atoms with Crippen molar-refractivity contribution >= 4 is 12.0 Å². The lowest BCUT2D eigenvalue weighted by molar-refractivity contribution is -0.137. The third-order valence-electron chi connectivity index (χ3n) is 5.70. The number of carbonyl (C=O) groups is 2. The van der Waals surface area contributed by atoms with Crippen LogP contribution in [0.4, 0.5) is 18.0 Å². The Morgan fingerprint density at radius 1 is 1.08 bits per heavy atom. The SMILES string of the molecule is CCCN1Cc2cc(OCc3cn(C(=O)OC(C)(C)C)nc3-c3ccc(C(F)(F)F)cc3)ccc2C1=O. The number of carbonyl (C=O) groups excluding carboxylic acids is 2. The number of alkyl halides is 3. The lowest BCUT2D eigenvalue weighted by Gasteiger charge is -2.18. The molecule has 1 aromatic heterocycles. The van der Waals surface area contributed by atoms with E-state index in [2.05, 4.69) is 5.10 Å². The third-order valence-corrected chi connectivity index (χ3v) is 5.70. The van der Waals surface area contributed by atoms with Crippen LogP contribution in [0, 0.1) is 0 Å². The Labute approximate surface area is 212 Å². The van der Waals surface area contributed by atoms with Gasteiger partial charge in [-0.2, -0.15) is 23.0 Å². The van der Waals surface area contributed by atoms with Crippen molar-refractivity contribution in [2.75, 3.05) is 6.54 Å². The van der Waals surface area contributed by atoms with E-state index in [1.54, 1.807) is 43.9 Å². The maximum absolute atomic E-state index is 13.0. The number of amides is 1. The first kappa shape index (κ1) is 26.2. The Morgan fingerprint density at radius 3 is 2.41 bits per heavy atom. The molecule has 1 aliphatic heterocycles. The molecule has 0 bridgehead atoms. The maximum atomic E-state index is 13.0. The van der Waals surface area contributed by atoms with E-state index in [0.717, 1.165) is 28.8 Å². The van der Waals surface area contributed by atoms with Crippen molar-refractivity contribution in [3.05, 3.63) is 70.9 Å². The molecule has 10 heteroatoms. The lowest BCUT2D eigenvalue weighted by atomic mass is 10.1. The predicted molar refractivity (Wildman–Crippen MR) is 130 cm³/mol. The highest BCUT2D eigenvalue weighted by Crippen LogP contribution is 2.32. The molecule has 0 aliphatic carbocycles. The second-order valence-corrected chi connectivity index (χ2v) is 9.84.